The molecule has 0 radical (unpaired) electrons. The molecule has 0 saturated heterocycles. The summed E-state index contributed by atoms with van der Waals surface area (Å²) in [6.07, 6.45) is 0.620. The van der Waals surface area contributed by atoms with Crippen molar-refractivity contribution in [2.45, 2.75) is 22.2 Å². The quantitative estimate of drug-likeness (QED) is 0.266. The molecule has 96 valence electrons. The van der Waals surface area contributed by atoms with Crippen molar-refractivity contribution in [2.24, 2.45) is 0 Å². The van der Waals surface area contributed by atoms with Crippen molar-refractivity contribution >= 4 is 49.8 Å². The molecule has 6 nitrogen and oxygen atoms in total. The summed E-state index contributed by atoms with van der Waals surface area (Å²) in [5.41, 5.74) is 0.332. The van der Waals surface area contributed by atoms with Gasteiger partial charge in [0.1, 0.15) is 3.92 Å². The van der Waals surface area contributed by atoms with Crippen LogP contribution in [0.15, 0.2) is 15.4 Å². The fourth-order valence-corrected chi connectivity index (χ4v) is 2.90. The monoisotopic (exact) mass is 382 g/mol. The first-order chi connectivity index (χ1) is 8.44. The minimum atomic E-state index is -3.80. The zero-order valence-electron chi connectivity index (χ0n) is 9.10. The zero-order valence-corrected chi connectivity index (χ0v) is 12.1. The van der Waals surface area contributed by atoms with Gasteiger partial charge in [-0.3, -0.25) is 4.79 Å². The maximum absolute atomic E-state index is 11.7. The van der Waals surface area contributed by atoms with Crippen molar-refractivity contribution in [3.05, 3.63) is 6.07 Å². The van der Waals surface area contributed by atoms with Crippen LogP contribution in [-0.2, 0) is 14.9 Å². The summed E-state index contributed by atoms with van der Waals surface area (Å²) >= 11 is 1.96. The molecule has 0 aromatic carbocycles. The molecular formula is C10H7IO6S. The number of ether oxygens (including phenoxy) is 1. The first-order valence-electron chi connectivity index (χ1n) is 5.13. The van der Waals surface area contributed by atoms with E-state index in [-0.39, 0.29) is 31.5 Å². The minimum absolute atomic E-state index is 0.00573. The molecule has 1 atom stereocenters. The molecule has 0 fully saturated rings. The second-order valence-electron chi connectivity index (χ2n) is 3.80. The van der Waals surface area contributed by atoms with Crippen LogP contribution in [0.2, 0.25) is 0 Å². The van der Waals surface area contributed by atoms with Crippen LogP contribution in [0.1, 0.15) is 13.3 Å². The van der Waals surface area contributed by atoms with Crippen LogP contribution in [-0.4, -0.2) is 18.3 Å². The van der Waals surface area contributed by atoms with E-state index in [0.717, 1.165) is 0 Å². The fraction of sp³-hybridized carbons (Fsp3) is 0.300. The number of hydrogen-bond donors (Lipinski definition) is 0. The number of carbonyl (C=O) groups is 1. The van der Waals surface area contributed by atoms with Crippen LogP contribution < -0.4 is 8.92 Å². The summed E-state index contributed by atoms with van der Waals surface area (Å²) in [7, 11) is -3.80. The Labute approximate surface area is 116 Å². The molecule has 2 bridgehead atoms. The third kappa shape index (κ3) is 1.51. The number of fused-ring (bicyclic) bond motifs is 1. The van der Waals surface area contributed by atoms with Gasteiger partial charge in [-0.25, -0.2) is 0 Å². The standard InChI is InChI=1S/C10H7IO6S/c1-2-4(11)10(12)16-7-5-3-6-8(15-5)9(7)17-18(6,13)14/h3-4H,2H2,1H3. The average Bonchev–Trinajstić information content (AvgIpc) is 2.91. The largest absolute Gasteiger partial charge is 0.448 e. The van der Waals surface area contributed by atoms with Crippen LogP contribution in [0.4, 0.5) is 0 Å². The lowest BCUT2D eigenvalue weighted by Crippen LogP contribution is -2.19. The molecular weight excluding hydrogens is 375 g/mol. The molecule has 1 aliphatic heterocycles. The van der Waals surface area contributed by atoms with Gasteiger partial charge in [-0.05, 0) is 6.42 Å². The Hall–Kier alpha value is -1.03. The highest BCUT2D eigenvalue weighted by molar-refractivity contribution is 14.1. The van der Waals surface area contributed by atoms with Crippen LogP contribution in [0.5, 0.6) is 11.5 Å². The lowest BCUT2D eigenvalue weighted by Gasteiger charge is -2.06. The van der Waals surface area contributed by atoms with E-state index in [1.54, 1.807) is 0 Å². The van der Waals surface area contributed by atoms with E-state index in [9.17, 15) is 13.2 Å². The third-order valence-corrected chi connectivity index (χ3v) is 5.23. The summed E-state index contributed by atoms with van der Waals surface area (Å²) in [4.78, 5) is 11.7. The van der Waals surface area contributed by atoms with E-state index in [1.807, 2.05) is 29.5 Å². The van der Waals surface area contributed by atoms with Gasteiger partial charge in [0.05, 0.1) is 0 Å². The molecule has 18 heavy (non-hydrogen) atoms. The lowest BCUT2D eigenvalue weighted by atomic mass is 10.3. The zero-order chi connectivity index (χ0) is 13.1. The van der Waals surface area contributed by atoms with E-state index >= 15 is 0 Å². The van der Waals surface area contributed by atoms with Gasteiger partial charge in [0.25, 0.3) is 0 Å². The van der Waals surface area contributed by atoms with Gasteiger partial charge < -0.3 is 13.3 Å². The molecule has 2 aromatic heterocycles. The number of carbonyl (C=O) groups excluding carboxylic acids is 1. The second-order valence-corrected chi connectivity index (χ2v) is 6.81. The van der Waals surface area contributed by atoms with Gasteiger partial charge in [0, 0.05) is 6.07 Å². The summed E-state index contributed by atoms with van der Waals surface area (Å²) in [5.74, 6) is -0.418. The Morgan fingerprint density at radius 1 is 1.56 bits per heavy atom. The molecule has 0 spiro atoms. The predicted octanol–water partition coefficient (Wildman–Crippen LogP) is 2.07. The summed E-state index contributed by atoms with van der Waals surface area (Å²) < 4.78 is 37.9. The van der Waals surface area contributed by atoms with E-state index in [4.69, 9.17) is 13.3 Å². The molecule has 1 aliphatic rings. The van der Waals surface area contributed by atoms with Crippen LogP contribution in [0, 0.1) is 0 Å². The SMILES string of the molecule is CCC(I)C(=O)Oc1c2c3oc1cc3S(=O)(=O)O2. The van der Waals surface area contributed by atoms with E-state index in [2.05, 4.69) is 0 Å². The molecule has 2 aromatic rings. The highest BCUT2D eigenvalue weighted by Crippen LogP contribution is 2.52. The van der Waals surface area contributed by atoms with Crippen molar-refractivity contribution in [1.82, 2.24) is 0 Å². The van der Waals surface area contributed by atoms with Crippen molar-refractivity contribution in [3.8, 4) is 11.5 Å². The van der Waals surface area contributed by atoms with Gasteiger partial charge in [-0.2, -0.15) is 8.42 Å². The van der Waals surface area contributed by atoms with Gasteiger partial charge >= 0.3 is 16.1 Å². The molecule has 0 aliphatic carbocycles. The van der Waals surface area contributed by atoms with Gasteiger partial charge in [-0.15, -0.1) is 0 Å². The molecule has 0 saturated carbocycles. The fourth-order valence-electron chi connectivity index (χ4n) is 1.70. The van der Waals surface area contributed by atoms with Crippen LogP contribution >= 0.6 is 22.6 Å². The summed E-state index contributed by atoms with van der Waals surface area (Å²) in [6.45, 7) is 1.85. The number of halogens is 1. The van der Waals surface area contributed by atoms with Crippen molar-refractivity contribution in [3.63, 3.8) is 0 Å². The highest BCUT2D eigenvalue weighted by atomic mass is 127. The number of esters is 1. The van der Waals surface area contributed by atoms with E-state index < -0.39 is 16.1 Å². The first kappa shape index (κ1) is 12.0. The van der Waals surface area contributed by atoms with Crippen molar-refractivity contribution in [2.75, 3.05) is 0 Å². The molecule has 1 unspecified atom stereocenters. The lowest BCUT2D eigenvalue weighted by molar-refractivity contribution is -0.133. The maximum atomic E-state index is 11.7. The Bertz CT molecular complexity index is 731. The van der Waals surface area contributed by atoms with Crippen LogP contribution in [0.25, 0.3) is 11.2 Å². The number of alkyl halides is 1. The second kappa shape index (κ2) is 3.73. The smallest absolute Gasteiger partial charge is 0.343 e. The van der Waals surface area contributed by atoms with E-state index in [0.29, 0.717) is 6.42 Å². The molecule has 3 heterocycles. The molecule has 0 N–H and O–H groups in total. The summed E-state index contributed by atoms with van der Waals surface area (Å²) in [5, 5.41) is 0. The average molecular weight is 382 g/mol. The summed E-state index contributed by atoms with van der Waals surface area (Å²) in [6, 6.07) is 1.30. The first-order valence-corrected chi connectivity index (χ1v) is 7.78. The Morgan fingerprint density at radius 2 is 2.28 bits per heavy atom. The number of rotatable bonds is 3. The predicted molar refractivity (Wildman–Crippen MR) is 68.9 cm³/mol. The molecule has 3 rings (SSSR count). The van der Waals surface area contributed by atoms with Crippen molar-refractivity contribution < 1.29 is 26.5 Å². The Morgan fingerprint density at radius 3 is 2.94 bits per heavy atom. The topological polar surface area (TPSA) is 82.8 Å². The highest BCUT2D eigenvalue weighted by Gasteiger charge is 2.41. The Kier molecular flexibility index (Phi) is 2.49. The minimum Gasteiger partial charge on any atom is -0.448 e. The number of hydrogen-bond acceptors (Lipinski definition) is 6. The molecule has 0 amide bonds. The number of benzene rings is 1. The van der Waals surface area contributed by atoms with Gasteiger partial charge in [0.15, 0.2) is 16.1 Å². The maximum Gasteiger partial charge on any atom is 0.343 e. The van der Waals surface area contributed by atoms with Crippen LogP contribution in [0.3, 0.4) is 0 Å². The number of furan rings is 2. The van der Waals surface area contributed by atoms with Gasteiger partial charge in [-0.1, -0.05) is 29.5 Å². The van der Waals surface area contributed by atoms with E-state index in [1.165, 1.54) is 6.07 Å². The third-order valence-electron chi connectivity index (χ3n) is 2.61. The Balaban J connectivity index is 2.00. The van der Waals surface area contributed by atoms with Crippen molar-refractivity contribution in [1.29, 1.82) is 0 Å². The molecule has 8 heteroatoms. The van der Waals surface area contributed by atoms with Gasteiger partial charge in [0.2, 0.25) is 11.5 Å². The normalized spacial score (nSPS) is 17.9.